The highest BCUT2D eigenvalue weighted by Gasteiger charge is 2.22. The number of aryl methyl sites for hydroxylation is 1. The molecule has 0 saturated carbocycles. The first-order chi connectivity index (χ1) is 14.0. The monoisotopic (exact) mass is 531 g/mol. The summed E-state index contributed by atoms with van der Waals surface area (Å²) >= 11 is 0. The molecule has 1 saturated heterocycles. The minimum Gasteiger partial charge on any atom is -0.489 e. The molecule has 0 bridgehead atoms. The third-order valence-electron chi connectivity index (χ3n) is 5.39. The number of carbonyl (C=O) groups excluding carboxylic acids is 1. The molecule has 7 nitrogen and oxygen atoms in total. The maximum atomic E-state index is 11.2. The molecule has 0 aliphatic carbocycles. The quantitative estimate of drug-likeness (QED) is 0.187. The third-order valence-corrected chi connectivity index (χ3v) is 5.39. The van der Waals surface area contributed by atoms with Crippen LogP contribution >= 0.6 is 24.0 Å². The number of benzene rings is 1. The minimum atomic E-state index is -0.147. The number of nitrogens with two attached hydrogens (primary N) is 1. The number of halogens is 1. The van der Waals surface area contributed by atoms with Crippen molar-refractivity contribution in [3.63, 3.8) is 0 Å². The van der Waals surface area contributed by atoms with Crippen molar-refractivity contribution < 1.29 is 9.53 Å². The van der Waals surface area contributed by atoms with Gasteiger partial charge in [-0.15, -0.1) is 24.0 Å². The maximum Gasteiger partial charge on any atom is 0.220 e. The molecule has 1 aliphatic heterocycles. The van der Waals surface area contributed by atoms with E-state index < -0.39 is 0 Å². The molecule has 170 valence electrons. The van der Waals surface area contributed by atoms with Crippen molar-refractivity contribution in [1.82, 2.24) is 15.5 Å². The number of nitrogens with one attached hydrogen (secondary N) is 2. The van der Waals surface area contributed by atoms with Gasteiger partial charge >= 0.3 is 0 Å². The summed E-state index contributed by atoms with van der Waals surface area (Å²) in [6, 6.07) is 8.05. The number of aliphatic imine (C=N–C) groups is 1. The summed E-state index contributed by atoms with van der Waals surface area (Å²) in [6.45, 7) is 8.68. The molecule has 1 unspecified atom stereocenters. The van der Waals surface area contributed by atoms with E-state index in [0.717, 1.165) is 69.1 Å². The van der Waals surface area contributed by atoms with E-state index in [-0.39, 0.29) is 41.9 Å². The highest BCUT2D eigenvalue weighted by atomic mass is 127. The van der Waals surface area contributed by atoms with Crippen molar-refractivity contribution in [2.45, 2.75) is 45.6 Å². The fourth-order valence-corrected chi connectivity index (χ4v) is 3.52. The number of piperidine rings is 1. The summed E-state index contributed by atoms with van der Waals surface area (Å²) in [7, 11) is 1.78. The maximum absolute atomic E-state index is 11.2. The second kappa shape index (κ2) is 14.5. The standard InChI is InChI=1S/C22H37N5O2.HI/c1-17-8-4-5-9-20(17)29-18(2)16-26-22(24-3)25-12-6-7-13-27-14-10-19(11-15-27)21(23)28;/h4-5,8-9,18-19H,6-7,10-16H2,1-3H3,(H2,23,28)(H2,24,25,26);1H. The Kier molecular flexibility index (Phi) is 12.8. The SMILES string of the molecule is CN=C(NCCCCN1CCC(C(N)=O)CC1)NCC(C)Oc1ccccc1C.I. The van der Waals surface area contributed by atoms with Crippen LogP contribution in [0.2, 0.25) is 0 Å². The molecular formula is C22H38IN5O2. The molecule has 4 N–H and O–H groups in total. The molecule has 1 heterocycles. The largest absolute Gasteiger partial charge is 0.489 e. The zero-order valence-electron chi connectivity index (χ0n) is 18.5. The Bertz CT molecular complexity index is 663. The number of nitrogens with zero attached hydrogens (tertiary/aromatic N) is 2. The number of unbranched alkanes of at least 4 members (excludes halogenated alkanes) is 1. The Hall–Kier alpha value is -1.55. The molecule has 8 heteroatoms. The lowest BCUT2D eigenvalue weighted by Crippen LogP contribution is -2.42. The molecule has 1 fully saturated rings. The van der Waals surface area contributed by atoms with Gasteiger partial charge in [0.2, 0.25) is 5.91 Å². The second-order valence-electron chi connectivity index (χ2n) is 7.80. The van der Waals surface area contributed by atoms with Gasteiger partial charge in [-0.05, 0) is 70.8 Å². The van der Waals surface area contributed by atoms with Crippen LogP contribution in [0, 0.1) is 12.8 Å². The second-order valence-corrected chi connectivity index (χ2v) is 7.80. The van der Waals surface area contributed by atoms with Crippen LogP contribution in [0.1, 0.15) is 38.2 Å². The van der Waals surface area contributed by atoms with Crippen molar-refractivity contribution in [3.05, 3.63) is 29.8 Å². The normalized spacial score (nSPS) is 16.4. The van der Waals surface area contributed by atoms with Gasteiger partial charge in [-0.25, -0.2) is 0 Å². The summed E-state index contributed by atoms with van der Waals surface area (Å²) < 4.78 is 5.99. The van der Waals surface area contributed by atoms with E-state index in [4.69, 9.17) is 10.5 Å². The molecule has 0 spiro atoms. The van der Waals surface area contributed by atoms with Gasteiger partial charge in [-0.3, -0.25) is 9.79 Å². The Labute approximate surface area is 198 Å². The number of ether oxygens (including phenoxy) is 1. The van der Waals surface area contributed by atoms with Gasteiger partial charge in [0.05, 0.1) is 6.54 Å². The smallest absolute Gasteiger partial charge is 0.220 e. The molecule has 1 atom stereocenters. The fourth-order valence-electron chi connectivity index (χ4n) is 3.52. The van der Waals surface area contributed by atoms with Gasteiger partial charge in [0, 0.05) is 19.5 Å². The summed E-state index contributed by atoms with van der Waals surface area (Å²) in [4.78, 5) is 17.9. The number of carbonyl (C=O) groups is 1. The van der Waals surface area contributed by atoms with Crippen molar-refractivity contribution in [3.8, 4) is 5.75 Å². The number of para-hydroxylation sites is 1. The molecule has 1 aromatic rings. The van der Waals surface area contributed by atoms with Crippen molar-refractivity contribution in [2.75, 3.05) is 39.8 Å². The topological polar surface area (TPSA) is 92.0 Å². The Morgan fingerprint density at radius 3 is 2.60 bits per heavy atom. The van der Waals surface area contributed by atoms with Gasteiger partial charge < -0.3 is 26.0 Å². The van der Waals surface area contributed by atoms with E-state index >= 15 is 0 Å². The molecule has 1 aliphatic rings. The highest BCUT2D eigenvalue weighted by Crippen LogP contribution is 2.18. The summed E-state index contributed by atoms with van der Waals surface area (Å²) in [6.07, 6.45) is 4.03. The molecule has 1 amide bonds. The molecule has 2 rings (SSSR count). The van der Waals surface area contributed by atoms with Gasteiger partial charge in [0.1, 0.15) is 11.9 Å². The lowest BCUT2D eigenvalue weighted by molar-refractivity contribution is -0.123. The summed E-state index contributed by atoms with van der Waals surface area (Å²) in [5, 5.41) is 6.69. The fraction of sp³-hybridized carbons (Fsp3) is 0.636. The highest BCUT2D eigenvalue weighted by molar-refractivity contribution is 14.0. The molecule has 30 heavy (non-hydrogen) atoms. The molecular weight excluding hydrogens is 493 g/mol. The number of guanidine groups is 1. The summed E-state index contributed by atoms with van der Waals surface area (Å²) in [5.41, 5.74) is 6.53. The number of rotatable bonds is 10. The zero-order chi connectivity index (χ0) is 21.1. The first kappa shape index (κ1) is 26.5. The zero-order valence-corrected chi connectivity index (χ0v) is 20.9. The first-order valence-electron chi connectivity index (χ1n) is 10.7. The van der Waals surface area contributed by atoms with E-state index in [1.165, 1.54) is 0 Å². The molecule has 0 aromatic heterocycles. The van der Waals surface area contributed by atoms with Gasteiger partial charge in [0.25, 0.3) is 0 Å². The van der Waals surface area contributed by atoms with Crippen LogP contribution in [0.25, 0.3) is 0 Å². The average molecular weight is 531 g/mol. The van der Waals surface area contributed by atoms with Gasteiger partial charge in [0.15, 0.2) is 5.96 Å². The molecule has 0 radical (unpaired) electrons. The van der Waals surface area contributed by atoms with Crippen LogP contribution in [0.3, 0.4) is 0 Å². The minimum absolute atomic E-state index is 0. The van der Waals surface area contributed by atoms with Crippen LogP contribution in [0.4, 0.5) is 0 Å². The van der Waals surface area contributed by atoms with Gasteiger partial charge in [-0.1, -0.05) is 18.2 Å². The van der Waals surface area contributed by atoms with E-state index in [1.807, 2.05) is 25.1 Å². The summed E-state index contributed by atoms with van der Waals surface area (Å²) in [5.74, 6) is 1.64. The first-order valence-corrected chi connectivity index (χ1v) is 10.7. The number of likely N-dealkylation sites (tertiary alicyclic amines) is 1. The van der Waals surface area contributed by atoms with Crippen LogP contribution in [0.5, 0.6) is 5.75 Å². The van der Waals surface area contributed by atoms with Crippen LogP contribution in [0.15, 0.2) is 29.3 Å². The van der Waals surface area contributed by atoms with Crippen molar-refractivity contribution >= 4 is 35.8 Å². The average Bonchev–Trinajstić information content (AvgIpc) is 2.72. The predicted octanol–water partition coefficient (Wildman–Crippen LogP) is 2.52. The lowest BCUT2D eigenvalue weighted by Gasteiger charge is -2.30. The van der Waals surface area contributed by atoms with Crippen LogP contribution in [-0.2, 0) is 4.79 Å². The molecule has 1 aromatic carbocycles. The number of amides is 1. The lowest BCUT2D eigenvalue weighted by atomic mass is 9.96. The van der Waals surface area contributed by atoms with Crippen molar-refractivity contribution in [2.24, 2.45) is 16.6 Å². The third kappa shape index (κ3) is 9.51. The van der Waals surface area contributed by atoms with Crippen molar-refractivity contribution in [1.29, 1.82) is 0 Å². The van der Waals surface area contributed by atoms with E-state index in [0.29, 0.717) is 6.54 Å². The number of hydrogen-bond donors (Lipinski definition) is 3. The van der Waals surface area contributed by atoms with E-state index in [2.05, 4.69) is 33.5 Å². The van der Waals surface area contributed by atoms with E-state index in [9.17, 15) is 4.79 Å². The van der Waals surface area contributed by atoms with E-state index in [1.54, 1.807) is 7.05 Å². The Morgan fingerprint density at radius 1 is 1.27 bits per heavy atom. The van der Waals surface area contributed by atoms with Crippen LogP contribution < -0.4 is 21.1 Å². The van der Waals surface area contributed by atoms with Crippen LogP contribution in [-0.4, -0.2) is 62.6 Å². The number of primary amides is 1. The Morgan fingerprint density at radius 2 is 1.97 bits per heavy atom. The Balaban J connectivity index is 0.00000450. The predicted molar refractivity (Wildman–Crippen MR) is 134 cm³/mol. The van der Waals surface area contributed by atoms with Gasteiger partial charge in [-0.2, -0.15) is 0 Å². The number of hydrogen-bond acceptors (Lipinski definition) is 4.